The lowest BCUT2D eigenvalue weighted by molar-refractivity contribution is 0.0528. The SMILES string of the molecule is CC(C)(C)S(=O)(=O)CCOC(=O)c1ccc(N)c(F)c1. The van der Waals surface area contributed by atoms with Gasteiger partial charge in [0.2, 0.25) is 0 Å². The van der Waals surface area contributed by atoms with Gasteiger partial charge in [0, 0.05) is 0 Å². The first-order valence-electron chi connectivity index (χ1n) is 5.99. The van der Waals surface area contributed by atoms with Gasteiger partial charge in [0.05, 0.1) is 21.8 Å². The number of rotatable bonds is 4. The van der Waals surface area contributed by atoms with Crippen LogP contribution >= 0.6 is 0 Å². The summed E-state index contributed by atoms with van der Waals surface area (Å²) in [5.74, 6) is -1.78. The molecule has 2 N–H and O–H groups in total. The van der Waals surface area contributed by atoms with Crippen molar-refractivity contribution in [2.24, 2.45) is 0 Å². The Kier molecular flexibility index (Phi) is 4.75. The summed E-state index contributed by atoms with van der Waals surface area (Å²) < 4.78 is 40.7. The molecule has 0 radical (unpaired) electrons. The van der Waals surface area contributed by atoms with E-state index in [9.17, 15) is 17.6 Å². The highest BCUT2D eigenvalue weighted by atomic mass is 32.2. The molecule has 20 heavy (non-hydrogen) atoms. The molecule has 0 spiro atoms. The van der Waals surface area contributed by atoms with Gasteiger partial charge in [-0.3, -0.25) is 0 Å². The highest BCUT2D eigenvalue weighted by Gasteiger charge is 2.28. The lowest BCUT2D eigenvalue weighted by atomic mass is 10.2. The van der Waals surface area contributed by atoms with Gasteiger partial charge in [-0.15, -0.1) is 0 Å². The molecule has 0 aromatic heterocycles. The monoisotopic (exact) mass is 303 g/mol. The second-order valence-corrected chi connectivity index (χ2v) is 8.17. The third-order valence-corrected chi connectivity index (χ3v) is 5.32. The van der Waals surface area contributed by atoms with Gasteiger partial charge in [0.25, 0.3) is 0 Å². The van der Waals surface area contributed by atoms with Crippen LogP contribution in [0.2, 0.25) is 0 Å². The maximum Gasteiger partial charge on any atom is 0.338 e. The van der Waals surface area contributed by atoms with Crippen molar-refractivity contribution in [2.45, 2.75) is 25.5 Å². The molecule has 7 heteroatoms. The van der Waals surface area contributed by atoms with Crippen LogP contribution in [0.4, 0.5) is 10.1 Å². The fraction of sp³-hybridized carbons (Fsp3) is 0.462. The first-order chi connectivity index (χ1) is 9.04. The zero-order valence-corrected chi connectivity index (χ0v) is 12.5. The van der Waals surface area contributed by atoms with Crippen molar-refractivity contribution in [3.8, 4) is 0 Å². The lowest BCUT2D eigenvalue weighted by Gasteiger charge is -2.18. The fourth-order valence-electron chi connectivity index (χ4n) is 1.29. The van der Waals surface area contributed by atoms with Gasteiger partial charge >= 0.3 is 5.97 Å². The molecule has 1 aromatic rings. The number of hydrogen-bond acceptors (Lipinski definition) is 5. The van der Waals surface area contributed by atoms with E-state index in [0.717, 1.165) is 6.07 Å². The van der Waals surface area contributed by atoms with Crippen molar-refractivity contribution in [3.63, 3.8) is 0 Å². The van der Waals surface area contributed by atoms with Crippen LogP contribution in [0.3, 0.4) is 0 Å². The van der Waals surface area contributed by atoms with E-state index in [2.05, 4.69) is 0 Å². The Morgan fingerprint density at radius 1 is 1.35 bits per heavy atom. The van der Waals surface area contributed by atoms with Gasteiger partial charge in [-0.25, -0.2) is 17.6 Å². The van der Waals surface area contributed by atoms with E-state index in [1.165, 1.54) is 12.1 Å². The minimum Gasteiger partial charge on any atom is -0.461 e. The van der Waals surface area contributed by atoms with Gasteiger partial charge in [0.15, 0.2) is 9.84 Å². The minimum atomic E-state index is -3.36. The molecule has 112 valence electrons. The van der Waals surface area contributed by atoms with Crippen LogP contribution in [0.1, 0.15) is 31.1 Å². The number of halogens is 1. The van der Waals surface area contributed by atoms with E-state index in [-0.39, 0.29) is 23.6 Å². The number of sulfone groups is 1. The molecule has 0 atom stereocenters. The normalized spacial score (nSPS) is 12.2. The van der Waals surface area contributed by atoms with Gasteiger partial charge in [0.1, 0.15) is 12.4 Å². The number of hydrogen-bond donors (Lipinski definition) is 1. The maximum atomic E-state index is 13.2. The van der Waals surface area contributed by atoms with Crippen LogP contribution in [0.15, 0.2) is 18.2 Å². The summed E-state index contributed by atoms with van der Waals surface area (Å²) in [6.07, 6.45) is 0. The van der Waals surface area contributed by atoms with E-state index in [1.807, 2.05) is 0 Å². The Balaban J connectivity index is 2.63. The summed E-state index contributed by atoms with van der Waals surface area (Å²) in [4.78, 5) is 11.6. The maximum absolute atomic E-state index is 13.2. The average molecular weight is 303 g/mol. The van der Waals surface area contributed by atoms with E-state index in [4.69, 9.17) is 10.5 Å². The Labute approximate surface area is 117 Å². The standard InChI is InChI=1S/C13H18FNO4S/c1-13(2,3)20(17,18)7-6-19-12(16)9-4-5-11(15)10(14)8-9/h4-5,8H,6-7,15H2,1-3H3. The van der Waals surface area contributed by atoms with Crippen LogP contribution in [0.5, 0.6) is 0 Å². The van der Waals surface area contributed by atoms with E-state index < -0.39 is 26.4 Å². The Morgan fingerprint density at radius 2 is 1.95 bits per heavy atom. The summed E-state index contributed by atoms with van der Waals surface area (Å²) in [5, 5.41) is 0. The molecule has 0 bridgehead atoms. The van der Waals surface area contributed by atoms with E-state index >= 15 is 0 Å². The van der Waals surface area contributed by atoms with Crippen LogP contribution in [-0.2, 0) is 14.6 Å². The molecular weight excluding hydrogens is 285 g/mol. The molecule has 0 saturated carbocycles. The van der Waals surface area contributed by atoms with Crippen molar-refractivity contribution < 1.29 is 22.3 Å². The summed E-state index contributed by atoms with van der Waals surface area (Å²) in [5.41, 5.74) is 5.21. The highest BCUT2D eigenvalue weighted by molar-refractivity contribution is 7.92. The molecule has 5 nitrogen and oxygen atoms in total. The minimum absolute atomic E-state index is 0.00939. The molecule has 0 unspecified atom stereocenters. The summed E-state index contributed by atoms with van der Waals surface area (Å²) >= 11 is 0. The van der Waals surface area contributed by atoms with Crippen molar-refractivity contribution in [1.82, 2.24) is 0 Å². The molecule has 0 amide bonds. The molecule has 0 aliphatic heterocycles. The Hall–Kier alpha value is -1.63. The Bertz CT molecular complexity index is 605. The number of anilines is 1. The second-order valence-electron chi connectivity index (χ2n) is 5.30. The number of ether oxygens (including phenoxy) is 1. The zero-order chi connectivity index (χ0) is 15.6. The number of nitrogens with two attached hydrogens (primary N) is 1. The number of carbonyl (C=O) groups is 1. The first-order valence-corrected chi connectivity index (χ1v) is 7.64. The quantitative estimate of drug-likeness (QED) is 0.677. The number of carbonyl (C=O) groups excluding carboxylic acids is 1. The third-order valence-electron chi connectivity index (χ3n) is 2.75. The van der Waals surface area contributed by atoms with Crippen LogP contribution in [0, 0.1) is 5.82 Å². The zero-order valence-electron chi connectivity index (χ0n) is 11.6. The largest absolute Gasteiger partial charge is 0.461 e. The molecular formula is C13H18FNO4S. The summed E-state index contributed by atoms with van der Waals surface area (Å²) in [7, 11) is -3.36. The fourth-order valence-corrected chi connectivity index (χ4v) is 2.20. The lowest BCUT2D eigenvalue weighted by Crippen LogP contribution is -2.32. The molecule has 0 saturated heterocycles. The molecule has 1 rings (SSSR count). The number of esters is 1. The van der Waals surface area contributed by atoms with Gasteiger partial charge in [-0.1, -0.05) is 0 Å². The number of nitrogen functional groups attached to an aromatic ring is 1. The second kappa shape index (κ2) is 5.78. The molecule has 0 heterocycles. The predicted molar refractivity (Wildman–Crippen MR) is 74.6 cm³/mol. The van der Waals surface area contributed by atoms with E-state index in [1.54, 1.807) is 20.8 Å². The van der Waals surface area contributed by atoms with Crippen molar-refractivity contribution in [2.75, 3.05) is 18.1 Å². The van der Waals surface area contributed by atoms with E-state index in [0.29, 0.717) is 0 Å². The highest BCUT2D eigenvalue weighted by Crippen LogP contribution is 2.16. The average Bonchev–Trinajstić information content (AvgIpc) is 2.30. The Morgan fingerprint density at radius 3 is 2.45 bits per heavy atom. The molecule has 1 aromatic carbocycles. The first kappa shape index (κ1) is 16.4. The number of benzene rings is 1. The topological polar surface area (TPSA) is 86.5 Å². The smallest absolute Gasteiger partial charge is 0.338 e. The van der Waals surface area contributed by atoms with Crippen molar-refractivity contribution >= 4 is 21.5 Å². The van der Waals surface area contributed by atoms with Crippen LogP contribution in [-0.4, -0.2) is 31.5 Å². The van der Waals surface area contributed by atoms with Gasteiger partial charge in [-0.05, 0) is 39.0 Å². The molecule has 0 fully saturated rings. The molecule has 0 aliphatic carbocycles. The summed E-state index contributed by atoms with van der Waals surface area (Å²) in [6, 6.07) is 3.52. The van der Waals surface area contributed by atoms with Crippen LogP contribution < -0.4 is 5.73 Å². The van der Waals surface area contributed by atoms with Crippen molar-refractivity contribution in [3.05, 3.63) is 29.6 Å². The van der Waals surface area contributed by atoms with Gasteiger partial charge < -0.3 is 10.5 Å². The predicted octanol–water partition coefficient (Wildman–Crippen LogP) is 1.78. The van der Waals surface area contributed by atoms with Crippen molar-refractivity contribution in [1.29, 1.82) is 0 Å². The van der Waals surface area contributed by atoms with Gasteiger partial charge in [-0.2, -0.15) is 0 Å². The third kappa shape index (κ3) is 3.93. The summed E-state index contributed by atoms with van der Waals surface area (Å²) in [6.45, 7) is 4.43. The molecule has 0 aliphatic rings. The van der Waals surface area contributed by atoms with Crippen LogP contribution in [0.25, 0.3) is 0 Å².